The van der Waals surface area contributed by atoms with E-state index in [4.69, 9.17) is 27.9 Å². The van der Waals surface area contributed by atoms with E-state index < -0.39 is 10.0 Å². The summed E-state index contributed by atoms with van der Waals surface area (Å²) in [5.41, 5.74) is 0. The van der Waals surface area contributed by atoms with Crippen LogP contribution in [0.5, 0.6) is 0 Å². The summed E-state index contributed by atoms with van der Waals surface area (Å²) in [4.78, 5) is 2.18. The van der Waals surface area contributed by atoms with Crippen LogP contribution in [0, 0.1) is 11.8 Å². The van der Waals surface area contributed by atoms with Gasteiger partial charge in [0, 0.05) is 26.2 Å². The van der Waals surface area contributed by atoms with Gasteiger partial charge in [-0.1, -0.05) is 23.2 Å². The number of fused-ring (bicyclic) bond motifs is 1. The molecule has 5 nitrogen and oxygen atoms in total. The van der Waals surface area contributed by atoms with Crippen LogP contribution in [-0.4, -0.2) is 64.1 Å². The molecule has 3 rings (SSSR count). The Morgan fingerprint density at radius 3 is 2.38 bits per heavy atom. The lowest BCUT2D eigenvalue weighted by Crippen LogP contribution is -2.47. The Kier molecular flexibility index (Phi) is 5.53. The molecule has 0 bridgehead atoms. The second-order valence-electron chi connectivity index (χ2n) is 6.81. The molecule has 1 saturated heterocycles. The Bertz CT molecular complexity index is 688. The maximum absolute atomic E-state index is 12.9. The first-order valence-corrected chi connectivity index (χ1v) is 10.9. The van der Waals surface area contributed by atoms with E-state index in [9.17, 15) is 8.42 Å². The van der Waals surface area contributed by atoms with Crippen molar-refractivity contribution in [3.63, 3.8) is 0 Å². The van der Waals surface area contributed by atoms with Crippen molar-refractivity contribution in [1.82, 2.24) is 9.21 Å². The van der Waals surface area contributed by atoms with Gasteiger partial charge in [-0.2, -0.15) is 4.31 Å². The molecular weight excluding hydrogens is 391 g/mol. The molecule has 1 saturated carbocycles. The highest BCUT2D eigenvalue weighted by atomic mass is 35.5. The van der Waals surface area contributed by atoms with E-state index in [1.54, 1.807) is 11.4 Å². The molecule has 1 aliphatic carbocycles. The number of sulfonamides is 1. The third-order valence-corrected chi connectivity index (χ3v) is 9.38. The van der Waals surface area contributed by atoms with Crippen LogP contribution in [0.25, 0.3) is 0 Å². The highest BCUT2D eigenvalue weighted by molar-refractivity contribution is 7.91. The molecule has 1 aromatic rings. The van der Waals surface area contributed by atoms with Crippen molar-refractivity contribution in [2.75, 3.05) is 34.3 Å². The fourth-order valence-electron chi connectivity index (χ4n) is 3.92. The molecule has 1 aliphatic heterocycles. The number of ether oxygens (including phenoxy) is 1. The zero-order valence-corrected chi connectivity index (χ0v) is 17.1. The number of thiophene rings is 1. The van der Waals surface area contributed by atoms with Gasteiger partial charge in [-0.15, -0.1) is 11.3 Å². The molecule has 0 radical (unpaired) electrons. The molecule has 2 fully saturated rings. The van der Waals surface area contributed by atoms with Gasteiger partial charge in [0.2, 0.25) is 0 Å². The smallest absolute Gasteiger partial charge is 0.252 e. The van der Waals surface area contributed by atoms with Gasteiger partial charge in [0.1, 0.15) is 8.55 Å². The van der Waals surface area contributed by atoms with Crippen molar-refractivity contribution < 1.29 is 13.2 Å². The first-order chi connectivity index (χ1) is 11.2. The van der Waals surface area contributed by atoms with Crippen LogP contribution in [0.4, 0.5) is 0 Å². The summed E-state index contributed by atoms with van der Waals surface area (Å²) in [7, 11) is 2.31. The van der Waals surface area contributed by atoms with Gasteiger partial charge in [0.05, 0.1) is 11.1 Å². The lowest BCUT2D eigenvalue weighted by Gasteiger charge is -2.40. The average molecular weight is 413 g/mol. The van der Waals surface area contributed by atoms with Gasteiger partial charge in [-0.05, 0) is 44.8 Å². The second kappa shape index (κ2) is 7.02. The second-order valence-corrected chi connectivity index (χ2v) is 11.0. The Morgan fingerprint density at radius 1 is 1.25 bits per heavy atom. The molecule has 0 aromatic carbocycles. The summed E-state index contributed by atoms with van der Waals surface area (Å²) >= 11 is 12.9. The first-order valence-electron chi connectivity index (χ1n) is 7.88. The molecule has 9 heteroatoms. The fraction of sp³-hybridized carbons (Fsp3) is 0.733. The predicted octanol–water partition coefficient (Wildman–Crippen LogP) is 3.03. The minimum atomic E-state index is -3.53. The van der Waals surface area contributed by atoms with Crippen LogP contribution in [0.2, 0.25) is 9.36 Å². The number of hydrogen-bond acceptors (Lipinski definition) is 5. The monoisotopic (exact) mass is 412 g/mol. The Balaban J connectivity index is 1.79. The van der Waals surface area contributed by atoms with Crippen molar-refractivity contribution in [3.8, 4) is 0 Å². The SMILES string of the molecule is CO[C@@H]1C[C@H]2CN(S(=O)(=O)c3cc(Cl)c(Cl)s3)C[C@H]2C[C@H]1N(C)C. The quantitative estimate of drug-likeness (QED) is 0.762. The van der Waals surface area contributed by atoms with E-state index in [-0.39, 0.29) is 10.3 Å². The van der Waals surface area contributed by atoms with E-state index in [1.165, 1.54) is 6.07 Å². The summed E-state index contributed by atoms with van der Waals surface area (Å²) in [6, 6.07) is 1.77. The topological polar surface area (TPSA) is 49.9 Å². The molecular formula is C15H22Cl2N2O3S2. The maximum atomic E-state index is 12.9. The molecule has 0 spiro atoms. The summed E-state index contributed by atoms with van der Waals surface area (Å²) in [5, 5.41) is 0.295. The van der Waals surface area contributed by atoms with Crippen molar-refractivity contribution in [2.45, 2.75) is 29.2 Å². The molecule has 24 heavy (non-hydrogen) atoms. The molecule has 2 heterocycles. The normalized spacial score (nSPS) is 31.6. The molecule has 4 atom stereocenters. The largest absolute Gasteiger partial charge is 0.380 e. The zero-order valence-electron chi connectivity index (χ0n) is 13.9. The van der Waals surface area contributed by atoms with Gasteiger partial charge >= 0.3 is 0 Å². The minimum absolute atomic E-state index is 0.148. The van der Waals surface area contributed by atoms with Crippen molar-refractivity contribution in [3.05, 3.63) is 15.4 Å². The summed E-state index contributed by atoms with van der Waals surface area (Å²) < 4.78 is 33.6. The van der Waals surface area contributed by atoms with Crippen LogP contribution in [0.15, 0.2) is 10.3 Å². The van der Waals surface area contributed by atoms with Crippen molar-refractivity contribution >= 4 is 44.6 Å². The standard InChI is InChI=1S/C15H22Cl2N2O3S2/c1-18(2)12-4-9-7-19(8-10(9)5-13(12)22-3)24(20,21)14-6-11(16)15(17)23-14/h6,9-10,12-13H,4-5,7-8H2,1-3H3/t9-,10+,12-,13-/m1/s1. The molecule has 0 amide bonds. The van der Waals surface area contributed by atoms with Gasteiger partial charge in [-0.3, -0.25) is 0 Å². The molecule has 0 unspecified atom stereocenters. The van der Waals surface area contributed by atoms with Crippen LogP contribution in [0.3, 0.4) is 0 Å². The van der Waals surface area contributed by atoms with Crippen LogP contribution < -0.4 is 0 Å². The van der Waals surface area contributed by atoms with Crippen molar-refractivity contribution in [2.24, 2.45) is 11.8 Å². The number of likely N-dealkylation sites (N-methyl/N-ethyl adjacent to an activating group) is 1. The first kappa shape index (κ1) is 18.9. The van der Waals surface area contributed by atoms with E-state index in [2.05, 4.69) is 19.0 Å². The van der Waals surface area contributed by atoms with E-state index in [1.807, 2.05) is 0 Å². The van der Waals surface area contributed by atoms with E-state index >= 15 is 0 Å². The maximum Gasteiger partial charge on any atom is 0.252 e. The summed E-state index contributed by atoms with van der Waals surface area (Å²) in [6.07, 6.45) is 1.99. The number of hydrogen-bond donors (Lipinski definition) is 0. The third-order valence-electron chi connectivity index (χ3n) is 5.23. The summed E-state index contributed by atoms with van der Waals surface area (Å²) in [5.74, 6) is 0.705. The Hall–Kier alpha value is 0.110. The predicted molar refractivity (Wildman–Crippen MR) is 97.6 cm³/mol. The fourth-order valence-corrected chi connectivity index (χ4v) is 7.51. The van der Waals surface area contributed by atoms with Crippen molar-refractivity contribution in [1.29, 1.82) is 0 Å². The van der Waals surface area contributed by atoms with Crippen LogP contribution in [-0.2, 0) is 14.8 Å². The molecule has 0 N–H and O–H groups in total. The minimum Gasteiger partial charge on any atom is -0.380 e. The number of methoxy groups -OCH3 is 1. The third kappa shape index (κ3) is 3.37. The van der Waals surface area contributed by atoms with Crippen LogP contribution >= 0.6 is 34.5 Å². The summed E-state index contributed by atoms with van der Waals surface area (Å²) in [6.45, 7) is 1.10. The van der Waals surface area contributed by atoms with Gasteiger partial charge in [0.15, 0.2) is 0 Å². The van der Waals surface area contributed by atoms with Gasteiger partial charge < -0.3 is 9.64 Å². The molecule has 2 aliphatic rings. The van der Waals surface area contributed by atoms with E-state index in [0.717, 1.165) is 24.2 Å². The van der Waals surface area contributed by atoms with E-state index in [0.29, 0.717) is 40.3 Å². The highest BCUT2D eigenvalue weighted by Gasteiger charge is 2.46. The lowest BCUT2D eigenvalue weighted by atomic mass is 9.77. The number of rotatable bonds is 4. The molecule has 136 valence electrons. The van der Waals surface area contributed by atoms with Gasteiger partial charge in [-0.25, -0.2) is 8.42 Å². The van der Waals surface area contributed by atoms with Crippen LogP contribution in [0.1, 0.15) is 12.8 Å². The highest BCUT2D eigenvalue weighted by Crippen LogP contribution is 2.42. The zero-order chi connectivity index (χ0) is 17.6. The van der Waals surface area contributed by atoms with Gasteiger partial charge in [0.25, 0.3) is 10.0 Å². The Labute approximate surface area is 157 Å². The average Bonchev–Trinajstić information content (AvgIpc) is 3.09. The molecule has 1 aromatic heterocycles. The Morgan fingerprint density at radius 2 is 1.88 bits per heavy atom. The lowest BCUT2D eigenvalue weighted by molar-refractivity contribution is -0.0209. The number of halogens is 2. The number of nitrogens with zero attached hydrogens (tertiary/aromatic N) is 2.